The molecule has 1 amide bonds. The Balaban J connectivity index is 1.19. The maximum atomic E-state index is 12.8. The van der Waals surface area contributed by atoms with E-state index in [-0.39, 0.29) is 11.8 Å². The first kappa shape index (κ1) is 18.9. The number of fused-ring (bicyclic) bond motifs is 3. The van der Waals surface area contributed by atoms with E-state index in [0.29, 0.717) is 18.5 Å². The molecule has 3 aliphatic rings. The maximum absolute atomic E-state index is 12.8. The lowest BCUT2D eigenvalue weighted by atomic mass is 9.75. The number of hydrogen-bond acceptors (Lipinski definition) is 5. The number of carbonyl (C=O) groups is 1. The van der Waals surface area contributed by atoms with Crippen LogP contribution < -0.4 is 5.32 Å². The molecule has 4 unspecified atom stereocenters. The Morgan fingerprint density at radius 1 is 1.10 bits per heavy atom. The van der Waals surface area contributed by atoms with Crippen molar-refractivity contribution in [1.29, 1.82) is 0 Å². The molecule has 3 fully saturated rings. The number of benzene rings is 1. The van der Waals surface area contributed by atoms with Crippen molar-refractivity contribution in [2.45, 2.75) is 32.0 Å². The Morgan fingerprint density at radius 2 is 1.97 bits per heavy atom. The lowest BCUT2D eigenvalue weighted by Gasteiger charge is -2.49. The molecule has 3 saturated heterocycles. The predicted octanol–water partition coefficient (Wildman–Crippen LogP) is 2.37. The summed E-state index contributed by atoms with van der Waals surface area (Å²) in [7, 11) is 0. The summed E-state index contributed by atoms with van der Waals surface area (Å²) in [6.07, 6.45) is 5.86. The van der Waals surface area contributed by atoms with Crippen LogP contribution in [0.4, 0.5) is 0 Å². The van der Waals surface area contributed by atoms with Crippen LogP contribution in [0.25, 0.3) is 11.4 Å². The van der Waals surface area contributed by atoms with Gasteiger partial charge < -0.3 is 5.32 Å². The summed E-state index contributed by atoms with van der Waals surface area (Å²) < 4.78 is 1.92. The second-order valence-corrected chi connectivity index (χ2v) is 8.28. The molecule has 0 aliphatic carbocycles. The summed E-state index contributed by atoms with van der Waals surface area (Å²) in [5, 5.41) is 11.7. The highest BCUT2D eigenvalue weighted by Gasteiger charge is 2.43. The van der Waals surface area contributed by atoms with E-state index in [9.17, 15) is 4.79 Å². The zero-order valence-corrected chi connectivity index (χ0v) is 16.9. The number of nitrogens with zero attached hydrogens (tertiary/aromatic N) is 5. The molecular formula is C23H26N6O. The van der Waals surface area contributed by atoms with Gasteiger partial charge in [-0.3, -0.25) is 19.4 Å². The molecule has 5 heterocycles. The fraction of sp³-hybridized carbons (Fsp3) is 0.391. The number of nitrogens with one attached hydrogen (secondary N) is 1. The lowest BCUT2D eigenvalue weighted by Crippen LogP contribution is -2.57. The average molecular weight is 403 g/mol. The van der Waals surface area contributed by atoms with Crippen LogP contribution in [0.15, 0.2) is 60.9 Å². The third kappa shape index (κ3) is 3.98. The van der Waals surface area contributed by atoms with Crippen LogP contribution in [0.3, 0.4) is 0 Å². The Hall–Kier alpha value is -3.06. The summed E-state index contributed by atoms with van der Waals surface area (Å²) in [6, 6.07) is 16.3. The molecule has 2 aromatic heterocycles. The second kappa shape index (κ2) is 8.36. The van der Waals surface area contributed by atoms with Gasteiger partial charge in [-0.05, 0) is 43.0 Å². The Bertz CT molecular complexity index is 989. The molecule has 3 aliphatic heterocycles. The molecule has 6 rings (SSSR count). The first-order valence-electron chi connectivity index (χ1n) is 10.6. The van der Waals surface area contributed by atoms with Gasteiger partial charge in [-0.15, -0.1) is 5.10 Å². The average Bonchev–Trinajstić information content (AvgIpc) is 3.28. The fourth-order valence-electron chi connectivity index (χ4n) is 4.78. The van der Waals surface area contributed by atoms with E-state index in [4.69, 9.17) is 0 Å². The van der Waals surface area contributed by atoms with Gasteiger partial charge in [-0.25, -0.2) is 0 Å². The largest absolute Gasteiger partial charge is 0.352 e. The van der Waals surface area contributed by atoms with Crippen molar-refractivity contribution in [2.24, 2.45) is 11.8 Å². The minimum Gasteiger partial charge on any atom is -0.352 e. The van der Waals surface area contributed by atoms with Gasteiger partial charge in [0.2, 0.25) is 5.91 Å². The monoisotopic (exact) mass is 402 g/mol. The third-order valence-electron chi connectivity index (χ3n) is 6.39. The van der Waals surface area contributed by atoms with Gasteiger partial charge in [0, 0.05) is 25.3 Å². The van der Waals surface area contributed by atoms with Gasteiger partial charge in [-0.2, -0.15) is 0 Å². The van der Waals surface area contributed by atoms with E-state index in [2.05, 4.69) is 25.5 Å². The Morgan fingerprint density at radius 3 is 2.73 bits per heavy atom. The van der Waals surface area contributed by atoms with Crippen molar-refractivity contribution in [2.75, 3.05) is 13.1 Å². The molecule has 2 bridgehead atoms. The minimum atomic E-state index is 0.0820. The first-order valence-corrected chi connectivity index (χ1v) is 10.6. The van der Waals surface area contributed by atoms with Crippen LogP contribution in [-0.4, -0.2) is 49.9 Å². The summed E-state index contributed by atoms with van der Waals surface area (Å²) in [6.45, 7) is 3.29. The van der Waals surface area contributed by atoms with Crippen LogP contribution in [0.2, 0.25) is 0 Å². The number of piperidine rings is 3. The molecule has 7 nitrogen and oxygen atoms in total. The van der Waals surface area contributed by atoms with Crippen molar-refractivity contribution in [3.05, 3.63) is 66.5 Å². The number of aromatic nitrogens is 4. The van der Waals surface area contributed by atoms with E-state index in [1.165, 1.54) is 0 Å². The van der Waals surface area contributed by atoms with E-state index in [0.717, 1.165) is 49.4 Å². The molecular weight excluding hydrogens is 376 g/mol. The Kier molecular flexibility index (Phi) is 5.27. The van der Waals surface area contributed by atoms with E-state index < -0.39 is 0 Å². The van der Waals surface area contributed by atoms with Gasteiger partial charge in [0.25, 0.3) is 0 Å². The van der Waals surface area contributed by atoms with Crippen molar-refractivity contribution >= 4 is 5.91 Å². The molecule has 1 aromatic carbocycles. The van der Waals surface area contributed by atoms with Crippen LogP contribution in [-0.2, 0) is 17.9 Å². The number of amides is 1. The summed E-state index contributed by atoms with van der Waals surface area (Å²) in [5.41, 5.74) is 2.77. The van der Waals surface area contributed by atoms with Crippen LogP contribution in [0.5, 0.6) is 0 Å². The van der Waals surface area contributed by atoms with E-state index >= 15 is 0 Å². The quantitative estimate of drug-likeness (QED) is 0.685. The topological polar surface area (TPSA) is 75.9 Å². The van der Waals surface area contributed by atoms with Gasteiger partial charge in [0.15, 0.2) is 0 Å². The highest BCUT2D eigenvalue weighted by Crippen LogP contribution is 2.37. The number of rotatable bonds is 6. The summed E-state index contributed by atoms with van der Waals surface area (Å²) >= 11 is 0. The molecule has 0 spiro atoms. The molecule has 3 aromatic rings. The first-order chi connectivity index (χ1) is 14.8. The number of pyridine rings is 1. The zero-order chi connectivity index (χ0) is 20.3. The standard InChI is InChI=1S/C23H26N6O/c30-23(25-13-17-6-2-1-3-7-17)20-15-28-11-9-18(20)12-19(28)14-29-16-22(26-27-29)21-8-4-5-10-24-21/h1-8,10,16,18-20H,9,11-15H2,(H,25,30). The van der Waals surface area contributed by atoms with Crippen molar-refractivity contribution < 1.29 is 4.79 Å². The fourth-order valence-corrected chi connectivity index (χ4v) is 4.78. The molecule has 154 valence electrons. The van der Waals surface area contributed by atoms with E-state index in [1.807, 2.05) is 59.4 Å². The van der Waals surface area contributed by atoms with Crippen molar-refractivity contribution in [3.63, 3.8) is 0 Å². The van der Waals surface area contributed by atoms with Crippen molar-refractivity contribution in [3.8, 4) is 11.4 Å². The summed E-state index contributed by atoms with van der Waals surface area (Å²) in [5.74, 6) is 0.707. The molecule has 0 saturated carbocycles. The number of hydrogen-bond donors (Lipinski definition) is 1. The summed E-state index contributed by atoms with van der Waals surface area (Å²) in [4.78, 5) is 19.6. The molecule has 0 radical (unpaired) electrons. The van der Waals surface area contributed by atoms with Crippen LogP contribution in [0.1, 0.15) is 18.4 Å². The van der Waals surface area contributed by atoms with E-state index in [1.54, 1.807) is 6.20 Å². The lowest BCUT2D eigenvalue weighted by molar-refractivity contribution is -0.133. The Labute approximate surface area is 176 Å². The van der Waals surface area contributed by atoms with Gasteiger partial charge >= 0.3 is 0 Å². The maximum Gasteiger partial charge on any atom is 0.224 e. The van der Waals surface area contributed by atoms with Crippen molar-refractivity contribution in [1.82, 2.24) is 30.2 Å². The van der Waals surface area contributed by atoms with Crippen LogP contribution >= 0.6 is 0 Å². The van der Waals surface area contributed by atoms with Gasteiger partial charge in [0.05, 0.1) is 24.4 Å². The predicted molar refractivity (Wildman–Crippen MR) is 113 cm³/mol. The molecule has 4 atom stereocenters. The van der Waals surface area contributed by atoms with Crippen LogP contribution in [0, 0.1) is 11.8 Å². The van der Waals surface area contributed by atoms with Gasteiger partial charge in [0.1, 0.15) is 5.69 Å². The number of carbonyl (C=O) groups excluding carboxylic acids is 1. The minimum absolute atomic E-state index is 0.0820. The third-order valence-corrected chi connectivity index (χ3v) is 6.39. The van der Waals surface area contributed by atoms with Gasteiger partial charge in [-0.1, -0.05) is 41.6 Å². The zero-order valence-electron chi connectivity index (χ0n) is 16.9. The highest BCUT2D eigenvalue weighted by molar-refractivity contribution is 5.79. The SMILES string of the molecule is O=C(NCc1ccccc1)C1CN2CCC1CC2Cn1cc(-c2ccccn2)nn1. The molecule has 1 N–H and O–H groups in total. The highest BCUT2D eigenvalue weighted by atomic mass is 16.1. The molecule has 7 heteroatoms. The normalized spacial score (nSPS) is 25.2. The molecule has 30 heavy (non-hydrogen) atoms. The second-order valence-electron chi connectivity index (χ2n) is 8.28. The smallest absolute Gasteiger partial charge is 0.224 e.